The summed E-state index contributed by atoms with van der Waals surface area (Å²) in [5, 5.41) is 12.7. The van der Waals surface area contributed by atoms with Crippen LogP contribution in [0.5, 0.6) is 5.75 Å². The fraction of sp³-hybridized carbons (Fsp3) is 0.333. The number of rotatable bonds is 19. The molecule has 12 heteroatoms. The Hall–Kier alpha value is -4.78. The molecule has 6 N–H and O–H groups in total. The second kappa shape index (κ2) is 18.1. The molecule has 0 fully saturated rings. The van der Waals surface area contributed by atoms with Crippen LogP contribution < -0.4 is 31.7 Å². The summed E-state index contributed by atoms with van der Waals surface area (Å²) in [6.45, 7) is 6.38. The number of hydrogen-bond acceptors (Lipinski definition) is 11. The summed E-state index contributed by atoms with van der Waals surface area (Å²) in [5.74, 6) is 1.95. The maximum Gasteiger partial charge on any atom is 0.251 e. The molecular formula is C33H42N8O4. The number of carbonyl (C=O) groups excluding carboxylic acids is 1. The Labute approximate surface area is 264 Å². The highest BCUT2D eigenvalue weighted by atomic mass is 16.5. The van der Waals surface area contributed by atoms with E-state index in [2.05, 4.69) is 67.4 Å². The number of benzene rings is 3. The molecule has 0 aliphatic heterocycles. The lowest BCUT2D eigenvalue weighted by Gasteiger charge is -2.12. The van der Waals surface area contributed by atoms with Gasteiger partial charge in [-0.25, -0.2) is 0 Å². The lowest BCUT2D eigenvalue weighted by molar-refractivity contribution is 0.0511. The van der Waals surface area contributed by atoms with Crippen LogP contribution in [0.2, 0.25) is 0 Å². The second-order valence-corrected chi connectivity index (χ2v) is 10.2. The number of nitrogens with two attached hydrogens (primary N) is 1. The highest BCUT2D eigenvalue weighted by Crippen LogP contribution is 2.16. The van der Waals surface area contributed by atoms with E-state index in [1.807, 2.05) is 36.4 Å². The Bertz CT molecular complexity index is 1450. The summed E-state index contributed by atoms with van der Waals surface area (Å²) in [6.07, 6.45) is 0. The molecule has 3 aromatic carbocycles. The standard InChI is InChI=1S/C33H42N8O4/c1-24-3-5-25(6-4-24)21-36-31-39-32(41-33(40-31)38-23-27-9-13-29(43-2)14-10-27)37-22-26-7-11-28(12-8-26)30(42)35-16-18-45-20-19-44-17-15-34/h3-14H,15-23,34H2,1-2H3,(H,35,42)(H3,36,37,38,39,40,41). The molecule has 1 amide bonds. The van der Waals surface area contributed by atoms with Gasteiger partial charge in [-0.05, 0) is 47.9 Å². The number of aryl methyl sites for hydroxylation is 1. The molecule has 45 heavy (non-hydrogen) atoms. The largest absolute Gasteiger partial charge is 0.497 e. The van der Waals surface area contributed by atoms with E-state index in [9.17, 15) is 4.79 Å². The van der Waals surface area contributed by atoms with Gasteiger partial charge in [-0.1, -0.05) is 54.1 Å². The van der Waals surface area contributed by atoms with Crippen molar-refractivity contribution in [3.05, 3.63) is 101 Å². The van der Waals surface area contributed by atoms with E-state index in [1.54, 1.807) is 19.2 Å². The summed E-state index contributed by atoms with van der Waals surface area (Å²) < 4.78 is 15.9. The zero-order valence-corrected chi connectivity index (χ0v) is 25.8. The van der Waals surface area contributed by atoms with Gasteiger partial charge >= 0.3 is 0 Å². The van der Waals surface area contributed by atoms with Crippen LogP contribution in [0, 0.1) is 6.92 Å². The van der Waals surface area contributed by atoms with Crippen LogP contribution in [0.4, 0.5) is 17.8 Å². The third-order valence-corrected chi connectivity index (χ3v) is 6.65. The van der Waals surface area contributed by atoms with Gasteiger partial charge in [-0.15, -0.1) is 0 Å². The van der Waals surface area contributed by atoms with Crippen molar-refractivity contribution in [2.24, 2.45) is 5.73 Å². The predicted octanol–water partition coefficient (Wildman–Crippen LogP) is 3.75. The fourth-order valence-corrected chi connectivity index (χ4v) is 4.12. The van der Waals surface area contributed by atoms with E-state index in [-0.39, 0.29) is 5.91 Å². The minimum Gasteiger partial charge on any atom is -0.497 e. The summed E-state index contributed by atoms with van der Waals surface area (Å²) in [4.78, 5) is 26.2. The summed E-state index contributed by atoms with van der Waals surface area (Å²) in [6, 6.07) is 23.5. The number of carbonyl (C=O) groups is 1. The minimum atomic E-state index is -0.160. The van der Waals surface area contributed by atoms with E-state index in [4.69, 9.17) is 19.9 Å². The molecule has 0 unspecified atom stereocenters. The SMILES string of the molecule is COc1ccc(CNc2nc(NCc3ccc(C)cc3)nc(NCc3ccc(C(=O)NCCOCCOCCN)cc3)n2)cc1. The van der Waals surface area contributed by atoms with Crippen LogP contribution >= 0.6 is 0 Å². The van der Waals surface area contributed by atoms with Gasteiger partial charge in [0, 0.05) is 38.3 Å². The number of anilines is 3. The molecule has 12 nitrogen and oxygen atoms in total. The van der Waals surface area contributed by atoms with Gasteiger partial charge in [-0.2, -0.15) is 15.0 Å². The number of methoxy groups -OCH3 is 1. The first-order valence-corrected chi connectivity index (χ1v) is 14.9. The highest BCUT2D eigenvalue weighted by Gasteiger charge is 2.09. The number of amides is 1. The molecule has 0 saturated carbocycles. The lowest BCUT2D eigenvalue weighted by Crippen LogP contribution is -2.27. The molecule has 4 aromatic rings. The van der Waals surface area contributed by atoms with Crippen molar-refractivity contribution in [1.29, 1.82) is 0 Å². The van der Waals surface area contributed by atoms with E-state index in [0.717, 1.165) is 22.4 Å². The quantitative estimate of drug-likeness (QED) is 0.0980. The van der Waals surface area contributed by atoms with Gasteiger partial charge in [0.15, 0.2) is 0 Å². The third kappa shape index (κ3) is 11.7. The van der Waals surface area contributed by atoms with E-state index < -0.39 is 0 Å². The first-order chi connectivity index (χ1) is 22.0. The van der Waals surface area contributed by atoms with Crippen molar-refractivity contribution in [3.8, 4) is 5.75 Å². The van der Waals surface area contributed by atoms with Crippen LogP contribution in [-0.4, -0.2) is 67.5 Å². The molecule has 0 bridgehead atoms. The zero-order chi connectivity index (χ0) is 31.7. The minimum absolute atomic E-state index is 0.160. The molecule has 4 rings (SSSR count). The monoisotopic (exact) mass is 614 g/mol. The Morgan fingerprint density at radius 2 is 1.13 bits per heavy atom. The molecule has 1 aromatic heterocycles. The highest BCUT2D eigenvalue weighted by molar-refractivity contribution is 5.94. The lowest BCUT2D eigenvalue weighted by atomic mass is 10.1. The molecule has 0 radical (unpaired) electrons. The molecule has 0 atom stereocenters. The summed E-state index contributed by atoms with van der Waals surface area (Å²) in [7, 11) is 1.64. The maximum absolute atomic E-state index is 12.5. The first-order valence-electron chi connectivity index (χ1n) is 14.9. The van der Waals surface area contributed by atoms with E-state index in [1.165, 1.54) is 5.56 Å². The first kappa shape index (κ1) is 33.1. The van der Waals surface area contributed by atoms with Crippen molar-refractivity contribution in [2.75, 3.05) is 62.6 Å². The predicted molar refractivity (Wildman–Crippen MR) is 175 cm³/mol. The molecular weight excluding hydrogens is 572 g/mol. The Morgan fingerprint density at radius 3 is 1.62 bits per heavy atom. The molecule has 0 saturated heterocycles. The van der Waals surface area contributed by atoms with Crippen molar-refractivity contribution < 1.29 is 19.0 Å². The van der Waals surface area contributed by atoms with Gasteiger partial charge in [0.2, 0.25) is 17.8 Å². The van der Waals surface area contributed by atoms with Gasteiger partial charge in [0.1, 0.15) is 5.75 Å². The summed E-state index contributed by atoms with van der Waals surface area (Å²) >= 11 is 0. The van der Waals surface area contributed by atoms with Crippen LogP contribution in [0.3, 0.4) is 0 Å². The van der Waals surface area contributed by atoms with E-state index >= 15 is 0 Å². The molecule has 0 spiro atoms. The van der Waals surface area contributed by atoms with Crippen LogP contribution in [0.25, 0.3) is 0 Å². The summed E-state index contributed by atoms with van der Waals surface area (Å²) in [5.41, 5.74) is 10.3. The average Bonchev–Trinajstić information content (AvgIpc) is 3.07. The molecule has 0 aliphatic carbocycles. The van der Waals surface area contributed by atoms with Crippen molar-refractivity contribution in [2.45, 2.75) is 26.6 Å². The number of nitrogens with zero attached hydrogens (tertiary/aromatic N) is 3. The van der Waals surface area contributed by atoms with Crippen molar-refractivity contribution >= 4 is 23.8 Å². The number of nitrogens with one attached hydrogen (secondary N) is 4. The maximum atomic E-state index is 12.5. The second-order valence-electron chi connectivity index (χ2n) is 10.2. The van der Waals surface area contributed by atoms with E-state index in [0.29, 0.717) is 82.6 Å². The third-order valence-electron chi connectivity index (χ3n) is 6.65. The Balaban J connectivity index is 1.32. The fourth-order valence-electron chi connectivity index (χ4n) is 4.12. The average molecular weight is 615 g/mol. The van der Waals surface area contributed by atoms with Gasteiger partial charge < -0.3 is 41.2 Å². The number of hydrogen-bond donors (Lipinski definition) is 5. The number of ether oxygens (including phenoxy) is 3. The van der Waals surface area contributed by atoms with Crippen LogP contribution in [-0.2, 0) is 29.1 Å². The zero-order valence-electron chi connectivity index (χ0n) is 25.8. The normalized spacial score (nSPS) is 10.7. The molecule has 1 heterocycles. The van der Waals surface area contributed by atoms with Gasteiger partial charge in [-0.3, -0.25) is 4.79 Å². The number of aromatic nitrogens is 3. The van der Waals surface area contributed by atoms with Crippen molar-refractivity contribution in [3.63, 3.8) is 0 Å². The smallest absolute Gasteiger partial charge is 0.251 e. The Morgan fingerprint density at radius 1 is 0.667 bits per heavy atom. The van der Waals surface area contributed by atoms with Crippen molar-refractivity contribution in [1.82, 2.24) is 20.3 Å². The van der Waals surface area contributed by atoms with Crippen LogP contribution in [0.15, 0.2) is 72.8 Å². The molecule has 238 valence electrons. The topological polar surface area (TPSA) is 158 Å². The van der Waals surface area contributed by atoms with Gasteiger partial charge in [0.25, 0.3) is 5.91 Å². The Kier molecular flexibility index (Phi) is 13.3. The molecule has 0 aliphatic rings. The van der Waals surface area contributed by atoms with Gasteiger partial charge in [0.05, 0.1) is 33.5 Å². The van der Waals surface area contributed by atoms with Crippen LogP contribution in [0.1, 0.15) is 32.6 Å².